The lowest BCUT2D eigenvalue weighted by Gasteiger charge is -2.12. The van der Waals surface area contributed by atoms with E-state index in [2.05, 4.69) is 20.6 Å². The molecule has 0 amide bonds. The Labute approximate surface area is 162 Å². The molecule has 0 aliphatic carbocycles. The van der Waals surface area contributed by atoms with Crippen LogP contribution in [0.2, 0.25) is 5.02 Å². The molecule has 0 saturated heterocycles. The van der Waals surface area contributed by atoms with E-state index in [1.54, 1.807) is 0 Å². The lowest BCUT2D eigenvalue weighted by molar-refractivity contribution is 0.174. The molecule has 4 rings (SSSR count). The van der Waals surface area contributed by atoms with Gasteiger partial charge < -0.3 is 20.1 Å². The third kappa shape index (κ3) is 4.06. The Morgan fingerprint density at radius 3 is 2.74 bits per heavy atom. The first-order valence-electron chi connectivity index (χ1n) is 8.58. The monoisotopic (exact) mass is 382 g/mol. The fourth-order valence-electron chi connectivity index (χ4n) is 2.81. The minimum Gasteiger partial charge on any atom is -0.454 e. The van der Waals surface area contributed by atoms with Crippen molar-refractivity contribution in [1.82, 2.24) is 9.97 Å². The highest BCUT2D eigenvalue weighted by Gasteiger charge is 2.13. The molecule has 0 saturated carbocycles. The van der Waals surface area contributed by atoms with E-state index in [-0.39, 0.29) is 6.79 Å². The molecule has 0 radical (unpaired) electrons. The van der Waals surface area contributed by atoms with Crippen LogP contribution in [0, 0.1) is 13.8 Å². The van der Waals surface area contributed by atoms with E-state index in [9.17, 15) is 0 Å². The van der Waals surface area contributed by atoms with Gasteiger partial charge in [-0.2, -0.15) is 4.98 Å². The number of rotatable bonds is 5. The maximum atomic E-state index is 6.09. The molecular formula is C20H19ClN4O2. The smallest absolute Gasteiger partial charge is 0.231 e. The molecule has 138 valence electrons. The van der Waals surface area contributed by atoms with Gasteiger partial charge in [0.2, 0.25) is 12.7 Å². The van der Waals surface area contributed by atoms with Crippen LogP contribution in [0.1, 0.15) is 16.8 Å². The van der Waals surface area contributed by atoms with Gasteiger partial charge in [-0.1, -0.05) is 23.7 Å². The van der Waals surface area contributed by atoms with E-state index in [0.29, 0.717) is 17.5 Å². The summed E-state index contributed by atoms with van der Waals surface area (Å²) < 4.78 is 10.8. The van der Waals surface area contributed by atoms with Gasteiger partial charge in [0.05, 0.1) is 0 Å². The Kier molecular flexibility index (Phi) is 4.73. The van der Waals surface area contributed by atoms with Crippen LogP contribution in [-0.2, 0) is 6.54 Å². The van der Waals surface area contributed by atoms with Crippen LogP contribution in [0.4, 0.5) is 17.5 Å². The topological polar surface area (TPSA) is 68.3 Å². The van der Waals surface area contributed by atoms with E-state index < -0.39 is 0 Å². The summed E-state index contributed by atoms with van der Waals surface area (Å²) in [5.74, 6) is 2.81. The van der Waals surface area contributed by atoms with Gasteiger partial charge in [0.15, 0.2) is 11.5 Å². The van der Waals surface area contributed by atoms with Crippen molar-refractivity contribution in [3.8, 4) is 11.5 Å². The van der Waals surface area contributed by atoms with Gasteiger partial charge in [0.25, 0.3) is 0 Å². The van der Waals surface area contributed by atoms with Crippen LogP contribution < -0.4 is 20.1 Å². The first-order chi connectivity index (χ1) is 13.1. The van der Waals surface area contributed by atoms with Crippen molar-refractivity contribution in [2.75, 3.05) is 17.4 Å². The Morgan fingerprint density at radius 1 is 1.00 bits per heavy atom. The molecular weight excluding hydrogens is 364 g/mol. The van der Waals surface area contributed by atoms with Gasteiger partial charge in [-0.05, 0) is 49.2 Å². The number of hydrogen-bond acceptors (Lipinski definition) is 6. The molecule has 3 aromatic rings. The summed E-state index contributed by atoms with van der Waals surface area (Å²) in [6, 6.07) is 13.5. The summed E-state index contributed by atoms with van der Waals surface area (Å²) in [6.07, 6.45) is 0. The lowest BCUT2D eigenvalue weighted by atomic mass is 10.2. The van der Waals surface area contributed by atoms with E-state index in [4.69, 9.17) is 21.1 Å². The van der Waals surface area contributed by atoms with Crippen molar-refractivity contribution in [2.24, 2.45) is 0 Å². The summed E-state index contributed by atoms with van der Waals surface area (Å²) in [6.45, 7) is 4.83. The summed E-state index contributed by atoms with van der Waals surface area (Å²) in [5, 5.41) is 7.24. The molecule has 27 heavy (non-hydrogen) atoms. The maximum Gasteiger partial charge on any atom is 0.231 e. The minimum absolute atomic E-state index is 0.273. The molecule has 1 aliphatic heterocycles. The number of nitrogens with one attached hydrogen (secondary N) is 2. The first-order valence-corrected chi connectivity index (χ1v) is 8.96. The molecule has 6 nitrogen and oxygen atoms in total. The van der Waals surface area contributed by atoms with Crippen molar-refractivity contribution >= 4 is 29.1 Å². The van der Waals surface area contributed by atoms with Gasteiger partial charge in [0.1, 0.15) is 5.82 Å². The van der Waals surface area contributed by atoms with E-state index >= 15 is 0 Å². The second-order valence-corrected chi connectivity index (χ2v) is 6.78. The number of hydrogen-bond donors (Lipinski definition) is 2. The summed E-state index contributed by atoms with van der Waals surface area (Å²) in [7, 11) is 0. The van der Waals surface area contributed by atoms with Crippen LogP contribution in [0.3, 0.4) is 0 Å². The normalized spacial score (nSPS) is 12.1. The molecule has 2 heterocycles. The van der Waals surface area contributed by atoms with Crippen LogP contribution in [0.15, 0.2) is 42.5 Å². The number of ether oxygens (including phenoxy) is 2. The molecule has 0 spiro atoms. The SMILES string of the molecule is Cc1cc(NCc2ccc3c(c2)OCO3)nc(Nc2cc(Cl)ccc2C)n1. The standard InChI is InChI=1S/C20H19ClN4O2/c1-12-3-5-15(21)9-16(12)24-20-23-13(2)7-19(25-20)22-10-14-4-6-17-18(8-14)27-11-26-17/h3-9H,10-11H2,1-2H3,(H2,22,23,24,25). The third-order valence-corrected chi connectivity index (χ3v) is 4.45. The Bertz CT molecular complexity index is 994. The number of benzene rings is 2. The molecule has 0 fully saturated rings. The Balaban J connectivity index is 1.49. The quantitative estimate of drug-likeness (QED) is 0.658. The van der Waals surface area contributed by atoms with Gasteiger partial charge >= 0.3 is 0 Å². The van der Waals surface area contributed by atoms with Crippen molar-refractivity contribution in [3.63, 3.8) is 0 Å². The second kappa shape index (κ2) is 7.32. The molecule has 1 aromatic heterocycles. The maximum absolute atomic E-state index is 6.09. The van der Waals surface area contributed by atoms with Crippen LogP contribution in [-0.4, -0.2) is 16.8 Å². The molecule has 2 N–H and O–H groups in total. The zero-order chi connectivity index (χ0) is 18.8. The predicted molar refractivity (Wildman–Crippen MR) is 106 cm³/mol. The predicted octanol–water partition coefficient (Wildman–Crippen LogP) is 4.83. The molecule has 0 atom stereocenters. The molecule has 7 heteroatoms. The van der Waals surface area contributed by atoms with Gasteiger partial charge in [0, 0.05) is 29.0 Å². The highest BCUT2D eigenvalue weighted by Crippen LogP contribution is 2.32. The average molecular weight is 383 g/mol. The van der Waals surface area contributed by atoms with Crippen LogP contribution in [0.25, 0.3) is 0 Å². The van der Waals surface area contributed by atoms with Gasteiger partial charge in [-0.15, -0.1) is 0 Å². The third-order valence-electron chi connectivity index (χ3n) is 4.21. The fourth-order valence-corrected chi connectivity index (χ4v) is 2.98. The van der Waals surface area contributed by atoms with Crippen LogP contribution >= 0.6 is 11.6 Å². The number of halogens is 1. The number of anilines is 3. The van der Waals surface area contributed by atoms with E-state index in [1.165, 1.54) is 0 Å². The largest absolute Gasteiger partial charge is 0.454 e. The van der Waals surface area contributed by atoms with Crippen molar-refractivity contribution in [2.45, 2.75) is 20.4 Å². The molecule has 2 aromatic carbocycles. The van der Waals surface area contributed by atoms with Crippen molar-refractivity contribution < 1.29 is 9.47 Å². The van der Waals surface area contributed by atoms with E-state index in [0.717, 1.165) is 39.8 Å². The molecule has 0 unspecified atom stereocenters. The zero-order valence-electron chi connectivity index (χ0n) is 15.0. The first kappa shape index (κ1) is 17.4. The fraction of sp³-hybridized carbons (Fsp3) is 0.200. The summed E-state index contributed by atoms with van der Waals surface area (Å²) in [4.78, 5) is 9.02. The number of aromatic nitrogens is 2. The van der Waals surface area contributed by atoms with E-state index in [1.807, 2.05) is 56.3 Å². The Hall–Kier alpha value is -2.99. The highest BCUT2D eigenvalue weighted by molar-refractivity contribution is 6.30. The van der Waals surface area contributed by atoms with Gasteiger partial charge in [-0.25, -0.2) is 4.98 Å². The summed E-state index contributed by atoms with van der Waals surface area (Å²) in [5.41, 5.74) is 3.89. The number of fused-ring (bicyclic) bond motifs is 1. The van der Waals surface area contributed by atoms with Crippen molar-refractivity contribution in [3.05, 3.63) is 64.3 Å². The second-order valence-electron chi connectivity index (χ2n) is 6.34. The molecule has 1 aliphatic rings. The van der Waals surface area contributed by atoms with Gasteiger partial charge in [-0.3, -0.25) is 0 Å². The van der Waals surface area contributed by atoms with Crippen LogP contribution in [0.5, 0.6) is 11.5 Å². The lowest BCUT2D eigenvalue weighted by Crippen LogP contribution is -2.06. The Morgan fingerprint density at radius 2 is 1.85 bits per heavy atom. The number of nitrogens with zero attached hydrogens (tertiary/aromatic N) is 2. The number of aryl methyl sites for hydroxylation is 2. The minimum atomic E-state index is 0.273. The highest BCUT2D eigenvalue weighted by atomic mass is 35.5. The summed E-state index contributed by atoms with van der Waals surface area (Å²) >= 11 is 6.09. The zero-order valence-corrected chi connectivity index (χ0v) is 15.8. The average Bonchev–Trinajstić information content (AvgIpc) is 3.10. The van der Waals surface area contributed by atoms with Crippen molar-refractivity contribution in [1.29, 1.82) is 0 Å². The molecule has 0 bridgehead atoms.